The third-order valence-electron chi connectivity index (χ3n) is 2.79. The molecule has 0 aliphatic carbocycles. The van der Waals surface area contributed by atoms with Crippen LogP contribution in [0.1, 0.15) is 11.6 Å². The zero-order valence-corrected chi connectivity index (χ0v) is 12.4. The van der Waals surface area contributed by atoms with E-state index >= 15 is 0 Å². The fraction of sp³-hybridized carbons (Fsp3) is 0.0667. The van der Waals surface area contributed by atoms with Crippen LogP contribution < -0.4 is 10.6 Å². The number of benzene rings is 2. The number of hydrogen-bond acceptors (Lipinski definition) is 2. The largest absolute Gasteiger partial charge is 0.343 e. The fourth-order valence-corrected chi connectivity index (χ4v) is 2.14. The Labute approximate surface area is 132 Å². The summed E-state index contributed by atoms with van der Waals surface area (Å²) in [5.41, 5.74) is 1.19. The van der Waals surface area contributed by atoms with Crippen molar-refractivity contribution in [3.63, 3.8) is 0 Å². The van der Waals surface area contributed by atoms with Crippen molar-refractivity contribution in [1.29, 1.82) is 0 Å². The van der Waals surface area contributed by atoms with Crippen molar-refractivity contribution in [2.24, 2.45) is 0 Å². The molecule has 4 nitrogen and oxygen atoms in total. The zero-order chi connectivity index (χ0) is 15.2. The number of hydrogen-bond donors (Lipinski definition) is 2. The summed E-state index contributed by atoms with van der Waals surface area (Å²) >= 11 is 11.7. The number of halogens is 2. The maximum absolute atomic E-state index is 12.3. The van der Waals surface area contributed by atoms with Crippen LogP contribution in [0.2, 0.25) is 10.0 Å². The molecule has 2 rings (SSSR count). The molecular weight excluding hydrogens is 311 g/mol. The molecule has 0 saturated carbocycles. The van der Waals surface area contributed by atoms with Crippen molar-refractivity contribution in [3.05, 3.63) is 64.1 Å². The lowest BCUT2D eigenvalue weighted by molar-refractivity contribution is -0.121. The summed E-state index contributed by atoms with van der Waals surface area (Å²) in [5, 5.41) is 6.25. The Balaban J connectivity index is 2.19. The summed E-state index contributed by atoms with van der Waals surface area (Å²) < 4.78 is 0. The molecule has 0 fully saturated rings. The number of amides is 2. The van der Waals surface area contributed by atoms with Gasteiger partial charge in [0, 0.05) is 15.7 Å². The van der Waals surface area contributed by atoms with Crippen molar-refractivity contribution < 1.29 is 9.59 Å². The van der Waals surface area contributed by atoms with Gasteiger partial charge in [-0.15, -0.1) is 0 Å². The van der Waals surface area contributed by atoms with Gasteiger partial charge >= 0.3 is 0 Å². The Bertz CT molecular complexity index is 644. The van der Waals surface area contributed by atoms with E-state index in [9.17, 15) is 9.59 Å². The van der Waals surface area contributed by atoms with Gasteiger partial charge in [-0.05, 0) is 35.9 Å². The molecule has 0 aliphatic rings. The Morgan fingerprint density at radius 3 is 2.38 bits per heavy atom. The second-order valence-electron chi connectivity index (χ2n) is 4.27. The number of nitrogens with one attached hydrogen (secondary N) is 2. The molecule has 0 bridgehead atoms. The molecule has 2 aromatic rings. The minimum Gasteiger partial charge on any atom is -0.343 e. The van der Waals surface area contributed by atoms with E-state index in [0.717, 1.165) is 0 Å². The van der Waals surface area contributed by atoms with E-state index in [1.165, 1.54) is 0 Å². The van der Waals surface area contributed by atoms with E-state index in [1.807, 2.05) is 0 Å². The molecule has 21 heavy (non-hydrogen) atoms. The van der Waals surface area contributed by atoms with Crippen LogP contribution >= 0.6 is 23.2 Å². The molecule has 2 amide bonds. The van der Waals surface area contributed by atoms with Gasteiger partial charge in [0.1, 0.15) is 6.04 Å². The van der Waals surface area contributed by atoms with Gasteiger partial charge in [0.05, 0.1) is 0 Å². The van der Waals surface area contributed by atoms with Crippen molar-refractivity contribution in [2.45, 2.75) is 6.04 Å². The normalized spacial score (nSPS) is 11.5. The summed E-state index contributed by atoms with van der Waals surface area (Å²) in [7, 11) is 0. The summed E-state index contributed by atoms with van der Waals surface area (Å²) in [6, 6.07) is 12.6. The predicted molar refractivity (Wildman–Crippen MR) is 83.5 cm³/mol. The van der Waals surface area contributed by atoms with Crippen LogP contribution in [-0.2, 0) is 9.59 Å². The van der Waals surface area contributed by atoms with E-state index in [1.54, 1.807) is 48.5 Å². The Morgan fingerprint density at radius 1 is 1.05 bits per heavy atom. The molecule has 0 radical (unpaired) electrons. The summed E-state index contributed by atoms with van der Waals surface area (Å²) in [6.45, 7) is 0. The van der Waals surface area contributed by atoms with Crippen LogP contribution in [0, 0.1) is 0 Å². The number of carbonyl (C=O) groups is 2. The minimum atomic E-state index is -0.807. The van der Waals surface area contributed by atoms with Crippen LogP contribution in [0.25, 0.3) is 0 Å². The van der Waals surface area contributed by atoms with Gasteiger partial charge < -0.3 is 10.6 Å². The third kappa shape index (κ3) is 4.21. The fourth-order valence-electron chi connectivity index (χ4n) is 1.83. The molecule has 108 valence electrons. The SMILES string of the molecule is O=CN[C@H](C(=O)Nc1cccc(Cl)c1)c1ccc(Cl)cc1. The number of carbonyl (C=O) groups excluding carboxylic acids is 2. The standard InChI is InChI=1S/C15H12Cl2N2O2/c16-11-6-4-10(5-7-11)14(18-9-20)15(21)19-13-3-1-2-12(17)8-13/h1-9,14H,(H,18,20)(H,19,21)/t14-/m0/s1. The first-order chi connectivity index (χ1) is 10.1. The van der Waals surface area contributed by atoms with Gasteiger partial charge in [-0.3, -0.25) is 9.59 Å². The molecule has 0 spiro atoms. The maximum atomic E-state index is 12.3. The molecule has 0 saturated heterocycles. The topological polar surface area (TPSA) is 58.2 Å². The van der Waals surface area contributed by atoms with Crippen molar-refractivity contribution in [3.8, 4) is 0 Å². The second kappa shape index (κ2) is 7.11. The summed E-state index contributed by atoms with van der Waals surface area (Å²) in [4.78, 5) is 23.0. The predicted octanol–water partition coefficient (Wildman–Crippen LogP) is 3.42. The molecular formula is C15H12Cl2N2O2. The Kier molecular flexibility index (Phi) is 5.20. The highest BCUT2D eigenvalue weighted by Gasteiger charge is 2.20. The molecule has 0 heterocycles. The first kappa shape index (κ1) is 15.4. The van der Waals surface area contributed by atoms with E-state index < -0.39 is 6.04 Å². The van der Waals surface area contributed by atoms with E-state index in [-0.39, 0.29) is 5.91 Å². The van der Waals surface area contributed by atoms with Gasteiger partial charge in [-0.25, -0.2) is 0 Å². The minimum absolute atomic E-state index is 0.369. The van der Waals surface area contributed by atoms with Gasteiger partial charge in [-0.2, -0.15) is 0 Å². The summed E-state index contributed by atoms with van der Waals surface area (Å²) in [5.74, 6) is -0.369. The monoisotopic (exact) mass is 322 g/mol. The average Bonchev–Trinajstić information content (AvgIpc) is 2.46. The lowest BCUT2D eigenvalue weighted by atomic mass is 10.1. The van der Waals surface area contributed by atoms with Gasteiger partial charge in [0.25, 0.3) is 5.91 Å². The summed E-state index contributed by atoms with van der Waals surface area (Å²) in [6.07, 6.45) is 0.483. The quantitative estimate of drug-likeness (QED) is 0.829. The molecule has 6 heteroatoms. The number of anilines is 1. The molecule has 1 atom stereocenters. The highest BCUT2D eigenvalue weighted by Crippen LogP contribution is 2.20. The lowest BCUT2D eigenvalue weighted by Crippen LogP contribution is -2.32. The van der Waals surface area contributed by atoms with Gasteiger partial charge in [0.2, 0.25) is 6.41 Å². The zero-order valence-electron chi connectivity index (χ0n) is 10.8. The van der Waals surface area contributed by atoms with Gasteiger partial charge in [-0.1, -0.05) is 41.4 Å². The Hall–Kier alpha value is -2.04. The smallest absolute Gasteiger partial charge is 0.251 e. The highest BCUT2D eigenvalue weighted by molar-refractivity contribution is 6.31. The van der Waals surface area contributed by atoms with E-state index in [4.69, 9.17) is 23.2 Å². The lowest BCUT2D eigenvalue weighted by Gasteiger charge is -2.16. The first-order valence-electron chi connectivity index (χ1n) is 6.12. The second-order valence-corrected chi connectivity index (χ2v) is 5.14. The van der Waals surface area contributed by atoms with Crippen LogP contribution in [0.4, 0.5) is 5.69 Å². The van der Waals surface area contributed by atoms with Crippen LogP contribution in [-0.4, -0.2) is 12.3 Å². The molecule has 0 aromatic heterocycles. The third-order valence-corrected chi connectivity index (χ3v) is 3.28. The molecule has 2 aromatic carbocycles. The molecule has 0 unspecified atom stereocenters. The molecule has 2 N–H and O–H groups in total. The maximum Gasteiger partial charge on any atom is 0.251 e. The molecule has 0 aliphatic heterocycles. The number of rotatable bonds is 5. The van der Waals surface area contributed by atoms with Crippen molar-refractivity contribution in [1.82, 2.24) is 5.32 Å². The van der Waals surface area contributed by atoms with Crippen LogP contribution in [0.15, 0.2) is 48.5 Å². The van der Waals surface area contributed by atoms with Crippen molar-refractivity contribution >= 4 is 41.2 Å². The van der Waals surface area contributed by atoms with Crippen LogP contribution in [0.5, 0.6) is 0 Å². The van der Waals surface area contributed by atoms with E-state index in [2.05, 4.69) is 10.6 Å². The van der Waals surface area contributed by atoms with Crippen molar-refractivity contribution in [2.75, 3.05) is 5.32 Å². The first-order valence-corrected chi connectivity index (χ1v) is 6.87. The van der Waals surface area contributed by atoms with Gasteiger partial charge in [0.15, 0.2) is 0 Å². The average molecular weight is 323 g/mol. The highest BCUT2D eigenvalue weighted by atomic mass is 35.5. The Morgan fingerprint density at radius 2 is 1.76 bits per heavy atom. The van der Waals surface area contributed by atoms with E-state index in [0.29, 0.717) is 27.7 Å². The van der Waals surface area contributed by atoms with Crippen LogP contribution in [0.3, 0.4) is 0 Å².